The molecule has 200 valence electrons. The normalized spacial score (nSPS) is 17.8. The van der Waals surface area contributed by atoms with Crippen molar-refractivity contribution in [2.24, 2.45) is 5.92 Å². The summed E-state index contributed by atoms with van der Waals surface area (Å²) in [7, 11) is 0. The summed E-state index contributed by atoms with van der Waals surface area (Å²) >= 11 is 6.16. The van der Waals surface area contributed by atoms with Crippen molar-refractivity contribution in [1.82, 2.24) is 9.80 Å². The van der Waals surface area contributed by atoms with Crippen LogP contribution in [0.15, 0.2) is 78.9 Å². The van der Waals surface area contributed by atoms with Crippen LogP contribution in [0.3, 0.4) is 0 Å². The van der Waals surface area contributed by atoms with E-state index in [9.17, 15) is 4.79 Å². The summed E-state index contributed by atoms with van der Waals surface area (Å²) in [6, 6.07) is 26.8. The maximum Gasteiger partial charge on any atom is 0.223 e. The number of carbonyl (C=O) groups excluding carboxylic acids is 1. The second-order valence-corrected chi connectivity index (χ2v) is 11.0. The Kier molecular flexibility index (Phi) is 8.87. The lowest BCUT2D eigenvalue weighted by atomic mass is 9.87. The van der Waals surface area contributed by atoms with Crippen molar-refractivity contribution >= 4 is 23.2 Å². The Labute approximate surface area is 232 Å². The van der Waals surface area contributed by atoms with Gasteiger partial charge in [-0.15, -0.1) is 0 Å². The monoisotopic (exact) mass is 531 g/mol. The van der Waals surface area contributed by atoms with Gasteiger partial charge in [-0.25, -0.2) is 0 Å². The third-order valence-electron chi connectivity index (χ3n) is 7.89. The van der Waals surface area contributed by atoms with E-state index in [1.54, 1.807) is 0 Å². The minimum absolute atomic E-state index is 0.00829. The maximum atomic E-state index is 13.1. The molecular weight excluding hydrogens is 494 g/mol. The van der Waals surface area contributed by atoms with Crippen LogP contribution in [0.1, 0.15) is 36.5 Å². The molecule has 2 aliphatic rings. The van der Waals surface area contributed by atoms with E-state index in [0.717, 1.165) is 69.4 Å². The second kappa shape index (κ2) is 12.7. The first-order valence-electron chi connectivity index (χ1n) is 13.8. The Bertz CT molecular complexity index is 1190. The number of ether oxygens (including phenoxy) is 1. The van der Waals surface area contributed by atoms with Crippen LogP contribution >= 0.6 is 11.6 Å². The predicted octanol–water partition coefficient (Wildman–Crippen LogP) is 6.22. The molecule has 2 aliphatic heterocycles. The standard InChI is InChI=1S/C32H38ClN3O2/c1-25-7-5-12-30(23-25)38-32(26-8-3-2-4-9-26)27-13-17-36(18-14-27)31(37)15-16-34-19-21-35(22-20-34)29-11-6-10-28(33)24-29/h2-12,23-24,27,32H,13-22H2,1H3. The Morgan fingerprint density at radius 2 is 1.63 bits per heavy atom. The van der Waals surface area contributed by atoms with Gasteiger partial charge in [0.05, 0.1) is 0 Å². The summed E-state index contributed by atoms with van der Waals surface area (Å²) in [5.41, 5.74) is 3.58. The lowest BCUT2D eigenvalue weighted by Gasteiger charge is -2.38. The first kappa shape index (κ1) is 26.6. The van der Waals surface area contributed by atoms with Gasteiger partial charge in [-0.2, -0.15) is 0 Å². The zero-order valence-corrected chi connectivity index (χ0v) is 23.0. The number of rotatable bonds is 8. The third kappa shape index (κ3) is 6.89. The number of likely N-dealkylation sites (tertiary alicyclic amines) is 1. The van der Waals surface area contributed by atoms with E-state index in [0.29, 0.717) is 12.3 Å². The molecule has 6 heteroatoms. The van der Waals surface area contributed by atoms with Gasteiger partial charge < -0.3 is 14.5 Å². The SMILES string of the molecule is Cc1cccc(OC(c2ccccc2)C2CCN(C(=O)CCN3CCN(c4cccc(Cl)c4)CC3)CC2)c1. The maximum absolute atomic E-state index is 13.1. The highest BCUT2D eigenvalue weighted by Crippen LogP contribution is 2.35. The van der Waals surface area contributed by atoms with Crippen LogP contribution in [-0.4, -0.2) is 61.5 Å². The van der Waals surface area contributed by atoms with Crippen molar-refractivity contribution in [3.05, 3.63) is 95.0 Å². The highest BCUT2D eigenvalue weighted by atomic mass is 35.5. The minimum atomic E-state index is -0.00829. The number of piperidine rings is 1. The van der Waals surface area contributed by atoms with E-state index >= 15 is 0 Å². The molecule has 3 aromatic rings. The zero-order valence-electron chi connectivity index (χ0n) is 22.3. The van der Waals surface area contributed by atoms with Crippen LogP contribution in [0.2, 0.25) is 5.02 Å². The molecule has 5 rings (SSSR count). The molecule has 0 spiro atoms. The molecule has 5 nitrogen and oxygen atoms in total. The van der Waals surface area contributed by atoms with Crippen LogP contribution in [0.4, 0.5) is 5.69 Å². The summed E-state index contributed by atoms with van der Waals surface area (Å²) in [6.07, 6.45) is 2.49. The molecule has 2 fully saturated rings. The largest absolute Gasteiger partial charge is 0.485 e. The fraction of sp³-hybridized carbons (Fsp3) is 0.406. The van der Waals surface area contributed by atoms with E-state index in [2.05, 4.69) is 64.1 Å². The molecular formula is C32H38ClN3O2. The van der Waals surface area contributed by atoms with Gasteiger partial charge in [-0.3, -0.25) is 9.69 Å². The first-order valence-corrected chi connectivity index (χ1v) is 14.2. The Hall–Kier alpha value is -3.02. The number of anilines is 1. The molecule has 0 radical (unpaired) electrons. The van der Waals surface area contributed by atoms with Gasteiger partial charge in [0.2, 0.25) is 5.91 Å². The molecule has 2 saturated heterocycles. The highest BCUT2D eigenvalue weighted by Gasteiger charge is 2.31. The average molecular weight is 532 g/mol. The summed E-state index contributed by atoms with van der Waals surface area (Å²) in [4.78, 5) is 19.9. The van der Waals surface area contributed by atoms with Crippen LogP contribution in [0, 0.1) is 12.8 Å². The highest BCUT2D eigenvalue weighted by molar-refractivity contribution is 6.30. The van der Waals surface area contributed by atoms with E-state index in [-0.39, 0.29) is 12.0 Å². The number of hydrogen-bond acceptors (Lipinski definition) is 4. The number of carbonyl (C=O) groups is 1. The Balaban J connectivity index is 1.10. The molecule has 38 heavy (non-hydrogen) atoms. The summed E-state index contributed by atoms with van der Waals surface area (Å²) in [5.74, 6) is 1.56. The van der Waals surface area contributed by atoms with Crippen LogP contribution in [-0.2, 0) is 4.79 Å². The molecule has 1 unspecified atom stereocenters. The Morgan fingerprint density at radius 3 is 2.34 bits per heavy atom. The smallest absolute Gasteiger partial charge is 0.223 e. The fourth-order valence-corrected chi connectivity index (χ4v) is 5.86. The number of aryl methyl sites for hydroxylation is 1. The third-order valence-corrected chi connectivity index (χ3v) is 8.12. The molecule has 1 atom stereocenters. The van der Waals surface area contributed by atoms with E-state index in [1.807, 2.05) is 36.4 Å². The van der Waals surface area contributed by atoms with E-state index in [1.165, 1.54) is 16.8 Å². The topological polar surface area (TPSA) is 36.0 Å². The van der Waals surface area contributed by atoms with Gasteiger partial charge in [-0.05, 0) is 61.2 Å². The second-order valence-electron chi connectivity index (χ2n) is 10.5. The van der Waals surface area contributed by atoms with Crippen molar-refractivity contribution in [1.29, 1.82) is 0 Å². The Morgan fingerprint density at radius 1 is 0.895 bits per heavy atom. The molecule has 0 aliphatic carbocycles. The van der Waals surface area contributed by atoms with Crippen molar-refractivity contribution in [3.63, 3.8) is 0 Å². The first-order chi connectivity index (χ1) is 18.5. The number of nitrogens with zero attached hydrogens (tertiary/aromatic N) is 3. The molecule has 0 bridgehead atoms. The van der Waals surface area contributed by atoms with Gasteiger partial charge in [0, 0.05) is 68.9 Å². The summed E-state index contributed by atoms with van der Waals surface area (Å²) in [5, 5.41) is 0.774. The van der Waals surface area contributed by atoms with Gasteiger partial charge in [0.15, 0.2) is 0 Å². The minimum Gasteiger partial charge on any atom is -0.485 e. The number of halogens is 1. The summed E-state index contributed by atoms with van der Waals surface area (Å²) < 4.78 is 6.57. The van der Waals surface area contributed by atoms with Crippen molar-refractivity contribution in [2.45, 2.75) is 32.3 Å². The van der Waals surface area contributed by atoms with Gasteiger partial charge in [-0.1, -0.05) is 60.1 Å². The lowest BCUT2D eigenvalue weighted by Crippen LogP contribution is -2.48. The van der Waals surface area contributed by atoms with Gasteiger partial charge >= 0.3 is 0 Å². The predicted molar refractivity (Wildman–Crippen MR) is 155 cm³/mol. The number of piperazine rings is 1. The van der Waals surface area contributed by atoms with Crippen LogP contribution < -0.4 is 9.64 Å². The van der Waals surface area contributed by atoms with Crippen molar-refractivity contribution in [3.8, 4) is 5.75 Å². The van der Waals surface area contributed by atoms with Crippen LogP contribution in [0.25, 0.3) is 0 Å². The fourth-order valence-electron chi connectivity index (χ4n) is 5.68. The zero-order chi connectivity index (χ0) is 26.3. The number of hydrogen-bond donors (Lipinski definition) is 0. The molecule has 0 saturated carbocycles. The van der Waals surface area contributed by atoms with Gasteiger partial charge in [0.1, 0.15) is 11.9 Å². The lowest BCUT2D eigenvalue weighted by molar-refractivity contribution is -0.133. The molecule has 1 amide bonds. The number of amides is 1. The molecule has 2 heterocycles. The quantitative estimate of drug-likeness (QED) is 0.346. The average Bonchev–Trinajstić information content (AvgIpc) is 2.95. The van der Waals surface area contributed by atoms with E-state index in [4.69, 9.17) is 16.3 Å². The van der Waals surface area contributed by atoms with Gasteiger partial charge in [0.25, 0.3) is 0 Å². The molecule has 0 N–H and O–H groups in total. The van der Waals surface area contributed by atoms with Crippen LogP contribution in [0.5, 0.6) is 5.75 Å². The number of benzene rings is 3. The van der Waals surface area contributed by atoms with E-state index < -0.39 is 0 Å². The molecule has 0 aromatic heterocycles. The van der Waals surface area contributed by atoms with Crippen molar-refractivity contribution in [2.75, 3.05) is 50.7 Å². The van der Waals surface area contributed by atoms with Crippen molar-refractivity contribution < 1.29 is 9.53 Å². The molecule has 3 aromatic carbocycles. The summed E-state index contributed by atoms with van der Waals surface area (Å²) in [6.45, 7) is 8.37.